The third kappa shape index (κ3) is 3.93. The third-order valence-electron chi connectivity index (χ3n) is 3.19. The van der Waals surface area contributed by atoms with Crippen molar-refractivity contribution < 1.29 is 18.3 Å². The predicted molar refractivity (Wildman–Crippen MR) is 68.4 cm³/mol. The number of sulfonamides is 1. The van der Waals surface area contributed by atoms with Crippen LogP contribution in [0.15, 0.2) is 0 Å². The van der Waals surface area contributed by atoms with Crippen molar-refractivity contribution in [1.82, 2.24) is 9.62 Å². The molecule has 18 heavy (non-hydrogen) atoms. The zero-order valence-electron chi connectivity index (χ0n) is 11.1. The van der Waals surface area contributed by atoms with E-state index in [9.17, 15) is 18.3 Å². The average Bonchev–Trinajstić information content (AvgIpc) is 2.73. The Hall–Kier alpha value is -0.660. The molecule has 1 amide bonds. The molecule has 0 aliphatic carbocycles. The van der Waals surface area contributed by atoms with Gasteiger partial charge >= 0.3 is 0 Å². The Balaban J connectivity index is 2.56. The molecule has 0 bridgehead atoms. The van der Waals surface area contributed by atoms with E-state index in [0.717, 1.165) is 6.26 Å². The maximum atomic E-state index is 11.9. The van der Waals surface area contributed by atoms with Crippen LogP contribution in [0.4, 0.5) is 0 Å². The van der Waals surface area contributed by atoms with E-state index in [0.29, 0.717) is 19.4 Å². The summed E-state index contributed by atoms with van der Waals surface area (Å²) in [6, 6.07) is -0.626. The van der Waals surface area contributed by atoms with Gasteiger partial charge in [0.15, 0.2) is 0 Å². The highest BCUT2D eigenvalue weighted by Gasteiger charge is 2.36. The lowest BCUT2D eigenvalue weighted by Crippen LogP contribution is -2.47. The molecule has 1 fully saturated rings. The second-order valence-corrected chi connectivity index (χ2v) is 7.02. The largest absolute Gasteiger partial charge is 0.391 e. The number of hydrogen-bond acceptors (Lipinski definition) is 4. The lowest BCUT2D eigenvalue weighted by molar-refractivity contribution is -0.124. The van der Waals surface area contributed by atoms with E-state index in [1.54, 1.807) is 0 Å². The number of hydrogen-bond donors (Lipinski definition) is 2. The molecule has 106 valence electrons. The van der Waals surface area contributed by atoms with Gasteiger partial charge in [0.2, 0.25) is 15.9 Å². The molecule has 0 radical (unpaired) electrons. The summed E-state index contributed by atoms with van der Waals surface area (Å²) in [5.74, 6) is -0.266. The number of nitrogens with one attached hydrogen (secondary N) is 1. The minimum absolute atomic E-state index is 0.0555. The lowest BCUT2D eigenvalue weighted by Gasteiger charge is -2.22. The summed E-state index contributed by atoms with van der Waals surface area (Å²) in [6.07, 6.45) is 1.73. The number of nitrogens with zero attached hydrogens (tertiary/aromatic N) is 1. The van der Waals surface area contributed by atoms with E-state index in [-0.39, 0.29) is 18.4 Å². The fourth-order valence-corrected chi connectivity index (χ4v) is 3.08. The Morgan fingerprint density at radius 3 is 2.61 bits per heavy atom. The number of carbonyl (C=O) groups is 1. The second-order valence-electron chi connectivity index (χ2n) is 5.09. The molecule has 1 heterocycles. The summed E-state index contributed by atoms with van der Waals surface area (Å²) < 4.78 is 24.2. The summed E-state index contributed by atoms with van der Waals surface area (Å²) in [4.78, 5) is 11.9. The van der Waals surface area contributed by atoms with Crippen molar-refractivity contribution in [3.8, 4) is 0 Å². The van der Waals surface area contributed by atoms with Crippen molar-refractivity contribution in [3.63, 3.8) is 0 Å². The van der Waals surface area contributed by atoms with E-state index in [2.05, 4.69) is 5.32 Å². The molecule has 2 atom stereocenters. The number of carbonyl (C=O) groups excluding carboxylic acids is 1. The fourth-order valence-electron chi connectivity index (χ4n) is 1.96. The standard InChI is InChI=1S/C11H22N2O4S/c1-8(2)10(14)7-12-11(15)9-5-4-6-13(9)18(3,16)17/h8-10,14H,4-7H2,1-3H3,(H,12,15). The zero-order valence-corrected chi connectivity index (χ0v) is 11.9. The monoisotopic (exact) mass is 278 g/mol. The van der Waals surface area contributed by atoms with Gasteiger partial charge in [-0.15, -0.1) is 0 Å². The first-order valence-corrected chi connectivity index (χ1v) is 8.01. The molecule has 0 spiro atoms. The summed E-state index contributed by atoms with van der Waals surface area (Å²) in [5, 5.41) is 12.2. The van der Waals surface area contributed by atoms with Crippen molar-refractivity contribution in [2.45, 2.75) is 38.8 Å². The van der Waals surface area contributed by atoms with Gasteiger partial charge in [0.25, 0.3) is 0 Å². The van der Waals surface area contributed by atoms with Gasteiger partial charge in [-0.2, -0.15) is 4.31 Å². The van der Waals surface area contributed by atoms with Gasteiger partial charge in [-0.05, 0) is 18.8 Å². The molecule has 0 saturated carbocycles. The smallest absolute Gasteiger partial charge is 0.238 e. The molecule has 7 heteroatoms. The van der Waals surface area contributed by atoms with E-state index >= 15 is 0 Å². The normalized spacial score (nSPS) is 23.3. The average molecular weight is 278 g/mol. The van der Waals surface area contributed by atoms with Gasteiger partial charge in [0, 0.05) is 13.1 Å². The Kier molecular flexibility index (Phi) is 5.12. The molecule has 2 N–H and O–H groups in total. The predicted octanol–water partition coefficient (Wildman–Crippen LogP) is -0.456. The van der Waals surface area contributed by atoms with Crippen molar-refractivity contribution in [2.24, 2.45) is 5.92 Å². The molecule has 1 saturated heterocycles. The van der Waals surface area contributed by atoms with Crippen LogP contribution in [-0.2, 0) is 14.8 Å². The molecule has 2 unspecified atom stereocenters. The Bertz CT molecular complexity index is 394. The van der Waals surface area contributed by atoms with Gasteiger partial charge < -0.3 is 10.4 Å². The molecular weight excluding hydrogens is 256 g/mol. The van der Waals surface area contributed by atoms with Crippen LogP contribution in [-0.4, -0.2) is 55.2 Å². The first-order valence-electron chi connectivity index (χ1n) is 6.16. The van der Waals surface area contributed by atoms with Gasteiger partial charge in [-0.25, -0.2) is 8.42 Å². The van der Waals surface area contributed by atoms with Crippen molar-refractivity contribution in [2.75, 3.05) is 19.3 Å². The third-order valence-corrected chi connectivity index (χ3v) is 4.48. The van der Waals surface area contributed by atoms with Crippen LogP contribution in [0.25, 0.3) is 0 Å². The van der Waals surface area contributed by atoms with E-state index in [1.807, 2.05) is 13.8 Å². The highest BCUT2D eigenvalue weighted by atomic mass is 32.2. The zero-order chi connectivity index (χ0) is 13.9. The van der Waals surface area contributed by atoms with Crippen LogP contribution in [0.1, 0.15) is 26.7 Å². The summed E-state index contributed by atoms with van der Waals surface area (Å²) in [7, 11) is -3.34. The Morgan fingerprint density at radius 2 is 2.11 bits per heavy atom. The van der Waals surface area contributed by atoms with E-state index in [1.165, 1.54) is 4.31 Å². The molecule has 0 aromatic heterocycles. The Morgan fingerprint density at radius 1 is 1.50 bits per heavy atom. The maximum Gasteiger partial charge on any atom is 0.238 e. The highest BCUT2D eigenvalue weighted by Crippen LogP contribution is 2.20. The summed E-state index contributed by atoms with van der Waals surface area (Å²) >= 11 is 0. The topological polar surface area (TPSA) is 86.7 Å². The molecule has 1 rings (SSSR count). The van der Waals surface area contributed by atoms with Gasteiger partial charge in [0.05, 0.1) is 12.4 Å². The second kappa shape index (κ2) is 5.99. The molecule has 1 aliphatic rings. The minimum atomic E-state index is -3.34. The molecular formula is C11H22N2O4S. The number of rotatable bonds is 5. The van der Waals surface area contributed by atoms with Gasteiger partial charge in [0.1, 0.15) is 6.04 Å². The molecule has 0 aromatic rings. The summed E-state index contributed by atoms with van der Waals surface area (Å²) in [5.41, 5.74) is 0. The molecule has 0 aromatic carbocycles. The SMILES string of the molecule is CC(C)C(O)CNC(=O)C1CCCN1S(C)(=O)=O. The highest BCUT2D eigenvalue weighted by molar-refractivity contribution is 7.88. The van der Waals surface area contributed by atoms with Crippen molar-refractivity contribution in [1.29, 1.82) is 0 Å². The molecule has 6 nitrogen and oxygen atoms in total. The number of amides is 1. The first kappa shape index (κ1) is 15.4. The lowest BCUT2D eigenvalue weighted by atomic mass is 10.1. The quantitative estimate of drug-likeness (QED) is 0.713. The Labute approximate surface area is 108 Å². The number of aliphatic hydroxyl groups excluding tert-OH is 1. The first-order chi connectivity index (χ1) is 8.23. The molecule has 1 aliphatic heterocycles. The maximum absolute atomic E-state index is 11.9. The van der Waals surface area contributed by atoms with Gasteiger partial charge in [-0.3, -0.25) is 4.79 Å². The van der Waals surface area contributed by atoms with Crippen LogP contribution in [0, 0.1) is 5.92 Å². The fraction of sp³-hybridized carbons (Fsp3) is 0.909. The van der Waals surface area contributed by atoms with Crippen molar-refractivity contribution in [3.05, 3.63) is 0 Å². The van der Waals surface area contributed by atoms with Crippen LogP contribution >= 0.6 is 0 Å². The minimum Gasteiger partial charge on any atom is -0.391 e. The van der Waals surface area contributed by atoms with Crippen LogP contribution < -0.4 is 5.32 Å². The van der Waals surface area contributed by atoms with Gasteiger partial charge in [-0.1, -0.05) is 13.8 Å². The van der Waals surface area contributed by atoms with E-state index in [4.69, 9.17) is 0 Å². The number of aliphatic hydroxyl groups is 1. The van der Waals surface area contributed by atoms with Crippen LogP contribution in [0.3, 0.4) is 0 Å². The van der Waals surface area contributed by atoms with Crippen molar-refractivity contribution >= 4 is 15.9 Å². The van der Waals surface area contributed by atoms with Crippen LogP contribution in [0.2, 0.25) is 0 Å². The van der Waals surface area contributed by atoms with Crippen LogP contribution in [0.5, 0.6) is 0 Å². The van der Waals surface area contributed by atoms with E-state index < -0.39 is 22.2 Å². The summed E-state index contributed by atoms with van der Waals surface area (Å²) in [6.45, 7) is 4.26.